The molecule has 0 radical (unpaired) electrons. The molecule has 0 spiro atoms. The van der Waals surface area contributed by atoms with Gasteiger partial charge in [-0.25, -0.2) is 0 Å². The molecule has 0 aliphatic carbocycles. The van der Waals surface area contributed by atoms with E-state index in [1.807, 2.05) is 6.92 Å². The first-order chi connectivity index (χ1) is 7.54. The summed E-state index contributed by atoms with van der Waals surface area (Å²) in [6, 6.07) is 4.31. The Hall–Kier alpha value is -0.930. The Bertz CT molecular complexity index is 382. The maximum Gasteiger partial charge on any atom is 0.251 e. The molecule has 1 amide bonds. The van der Waals surface area contributed by atoms with Crippen LogP contribution in [0, 0.1) is 0 Å². The highest BCUT2D eigenvalue weighted by atomic mass is 35.5. The minimum atomic E-state index is -0.249. The van der Waals surface area contributed by atoms with Gasteiger partial charge >= 0.3 is 0 Å². The molecule has 1 unspecified atom stereocenters. The summed E-state index contributed by atoms with van der Waals surface area (Å²) in [7, 11) is 0. The highest BCUT2D eigenvalue weighted by Gasteiger charge is 2.09. The molecule has 1 aromatic rings. The minimum absolute atomic E-state index is 0.0398. The van der Waals surface area contributed by atoms with Crippen LogP contribution in [-0.2, 0) is 0 Å². The van der Waals surface area contributed by atoms with E-state index >= 15 is 0 Å². The first-order valence-corrected chi connectivity index (χ1v) is 5.76. The molecule has 5 heteroatoms. The summed E-state index contributed by atoms with van der Waals surface area (Å²) in [6.07, 6.45) is 0.790. The molecule has 1 rings (SSSR count). The lowest BCUT2D eigenvalue weighted by molar-refractivity contribution is 0.0953. The molecule has 16 heavy (non-hydrogen) atoms. The fourth-order valence-electron chi connectivity index (χ4n) is 1.10. The summed E-state index contributed by atoms with van der Waals surface area (Å²) < 4.78 is 0. The summed E-state index contributed by atoms with van der Waals surface area (Å²) in [5.74, 6) is -0.289. The number of hydrogen-bond donors (Lipinski definition) is 2. The number of rotatable bonds is 4. The largest absolute Gasteiger partial charge is 0.506 e. The molecular formula is C11H13Cl2NO2. The third-order valence-electron chi connectivity index (χ3n) is 2.14. The van der Waals surface area contributed by atoms with Crippen molar-refractivity contribution in [2.75, 3.05) is 6.54 Å². The summed E-state index contributed by atoms with van der Waals surface area (Å²) in [5, 5.41) is 12.0. The zero-order chi connectivity index (χ0) is 12.1. The maximum atomic E-state index is 11.6. The summed E-state index contributed by atoms with van der Waals surface area (Å²) >= 11 is 11.6. The molecule has 1 aromatic carbocycles. The number of hydrogen-bond acceptors (Lipinski definition) is 2. The van der Waals surface area contributed by atoms with Gasteiger partial charge < -0.3 is 10.4 Å². The maximum absolute atomic E-state index is 11.6. The normalized spacial score (nSPS) is 12.2. The predicted octanol–water partition coefficient (Wildman–Crippen LogP) is 2.79. The fourth-order valence-corrected chi connectivity index (χ4v) is 1.36. The van der Waals surface area contributed by atoms with E-state index < -0.39 is 0 Å². The van der Waals surface area contributed by atoms with Crippen molar-refractivity contribution in [1.29, 1.82) is 0 Å². The molecule has 2 N–H and O–H groups in total. The Morgan fingerprint density at radius 3 is 2.81 bits per heavy atom. The smallest absolute Gasteiger partial charge is 0.251 e. The summed E-state index contributed by atoms with van der Waals surface area (Å²) in [6.45, 7) is 2.36. The predicted molar refractivity (Wildman–Crippen MR) is 65.4 cm³/mol. The number of benzene rings is 1. The summed E-state index contributed by atoms with van der Waals surface area (Å²) in [5.41, 5.74) is 0.405. The van der Waals surface area contributed by atoms with E-state index in [4.69, 9.17) is 23.2 Å². The monoisotopic (exact) mass is 261 g/mol. The molecule has 0 saturated heterocycles. The van der Waals surface area contributed by atoms with Crippen LogP contribution in [0.1, 0.15) is 23.7 Å². The van der Waals surface area contributed by atoms with Gasteiger partial charge in [0, 0.05) is 12.1 Å². The molecule has 0 bridgehead atoms. The standard InChI is InChI=1S/C11H13Cl2NO2/c1-2-8(12)6-14-11(16)7-3-4-10(15)9(13)5-7/h3-5,8,15H,2,6H2,1H3,(H,14,16). The van der Waals surface area contributed by atoms with Gasteiger partial charge in [0.25, 0.3) is 5.91 Å². The van der Waals surface area contributed by atoms with Crippen LogP contribution in [0.4, 0.5) is 0 Å². The van der Waals surface area contributed by atoms with Gasteiger partial charge in [-0.05, 0) is 24.6 Å². The fraction of sp³-hybridized carbons (Fsp3) is 0.364. The van der Waals surface area contributed by atoms with Crippen molar-refractivity contribution in [2.45, 2.75) is 18.7 Å². The van der Waals surface area contributed by atoms with Crippen molar-refractivity contribution in [3.8, 4) is 5.75 Å². The molecule has 0 aliphatic heterocycles. The Kier molecular flexibility index (Phi) is 4.90. The number of nitrogens with one attached hydrogen (secondary N) is 1. The molecule has 3 nitrogen and oxygen atoms in total. The van der Waals surface area contributed by atoms with Crippen LogP contribution in [0.2, 0.25) is 5.02 Å². The van der Waals surface area contributed by atoms with E-state index in [1.54, 1.807) is 0 Å². The van der Waals surface area contributed by atoms with Crippen LogP contribution >= 0.6 is 23.2 Å². The summed E-state index contributed by atoms with van der Waals surface area (Å²) in [4.78, 5) is 11.6. The van der Waals surface area contributed by atoms with Crippen LogP contribution in [0.3, 0.4) is 0 Å². The number of carbonyl (C=O) groups excluding carboxylic acids is 1. The number of aromatic hydroxyl groups is 1. The highest BCUT2D eigenvalue weighted by Crippen LogP contribution is 2.23. The first kappa shape index (κ1) is 13.1. The average Bonchev–Trinajstić information content (AvgIpc) is 2.29. The third kappa shape index (κ3) is 3.58. The van der Waals surface area contributed by atoms with Crippen LogP contribution in [0.25, 0.3) is 0 Å². The minimum Gasteiger partial charge on any atom is -0.506 e. The van der Waals surface area contributed by atoms with Crippen LogP contribution < -0.4 is 5.32 Å². The number of phenolic OH excluding ortho intramolecular Hbond substituents is 1. The first-order valence-electron chi connectivity index (χ1n) is 4.95. The van der Waals surface area contributed by atoms with E-state index in [1.165, 1.54) is 18.2 Å². The number of phenols is 1. The van der Waals surface area contributed by atoms with Gasteiger partial charge in [-0.15, -0.1) is 11.6 Å². The molecular weight excluding hydrogens is 249 g/mol. The SMILES string of the molecule is CCC(Cl)CNC(=O)c1ccc(O)c(Cl)c1. The van der Waals surface area contributed by atoms with E-state index in [9.17, 15) is 9.90 Å². The van der Waals surface area contributed by atoms with Gasteiger partial charge in [0.05, 0.1) is 10.4 Å². The van der Waals surface area contributed by atoms with Gasteiger partial charge in [-0.3, -0.25) is 4.79 Å². The molecule has 0 heterocycles. The van der Waals surface area contributed by atoms with Crippen molar-refractivity contribution in [3.63, 3.8) is 0 Å². The van der Waals surface area contributed by atoms with Gasteiger partial charge in [0.15, 0.2) is 0 Å². The van der Waals surface area contributed by atoms with Crippen LogP contribution in [0.15, 0.2) is 18.2 Å². The van der Waals surface area contributed by atoms with Gasteiger partial charge in [0.2, 0.25) is 0 Å². The van der Waals surface area contributed by atoms with E-state index in [0.29, 0.717) is 12.1 Å². The second-order valence-electron chi connectivity index (χ2n) is 3.38. The van der Waals surface area contributed by atoms with Crippen molar-refractivity contribution < 1.29 is 9.90 Å². The Morgan fingerprint density at radius 1 is 1.56 bits per heavy atom. The Balaban J connectivity index is 2.63. The lowest BCUT2D eigenvalue weighted by atomic mass is 10.2. The quantitative estimate of drug-likeness (QED) is 0.820. The lowest BCUT2D eigenvalue weighted by Crippen LogP contribution is -2.29. The van der Waals surface area contributed by atoms with E-state index in [0.717, 1.165) is 6.42 Å². The van der Waals surface area contributed by atoms with Crippen molar-refractivity contribution in [3.05, 3.63) is 28.8 Å². The second-order valence-corrected chi connectivity index (χ2v) is 4.41. The lowest BCUT2D eigenvalue weighted by Gasteiger charge is -2.09. The van der Waals surface area contributed by atoms with Crippen molar-refractivity contribution in [1.82, 2.24) is 5.32 Å². The molecule has 0 saturated carbocycles. The van der Waals surface area contributed by atoms with Crippen molar-refractivity contribution in [2.24, 2.45) is 0 Å². The van der Waals surface area contributed by atoms with E-state index in [-0.39, 0.29) is 22.1 Å². The zero-order valence-corrected chi connectivity index (χ0v) is 10.3. The average molecular weight is 262 g/mol. The van der Waals surface area contributed by atoms with Gasteiger partial charge in [0.1, 0.15) is 5.75 Å². The molecule has 1 atom stereocenters. The molecule has 0 aliphatic rings. The number of carbonyl (C=O) groups is 1. The third-order valence-corrected chi connectivity index (χ3v) is 2.90. The zero-order valence-electron chi connectivity index (χ0n) is 8.84. The van der Waals surface area contributed by atoms with E-state index in [2.05, 4.69) is 5.32 Å². The second kappa shape index (κ2) is 5.97. The number of alkyl halides is 1. The molecule has 0 aromatic heterocycles. The molecule has 88 valence electrons. The topological polar surface area (TPSA) is 49.3 Å². The Morgan fingerprint density at radius 2 is 2.25 bits per heavy atom. The Labute approximate surface area is 104 Å². The molecule has 0 fully saturated rings. The van der Waals surface area contributed by atoms with Gasteiger partial charge in [-0.2, -0.15) is 0 Å². The van der Waals surface area contributed by atoms with Crippen LogP contribution in [0.5, 0.6) is 5.75 Å². The van der Waals surface area contributed by atoms with Crippen LogP contribution in [-0.4, -0.2) is 22.9 Å². The van der Waals surface area contributed by atoms with Crippen molar-refractivity contribution >= 4 is 29.1 Å². The number of halogens is 2. The number of amides is 1. The van der Waals surface area contributed by atoms with Gasteiger partial charge in [-0.1, -0.05) is 18.5 Å². The highest BCUT2D eigenvalue weighted by molar-refractivity contribution is 6.32.